The van der Waals surface area contributed by atoms with Crippen molar-refractivity contribution < 1.29 is 0 Å². The van der Waals surface area contributed by atoms with E-state index in [4.69, 9.17) is 0 Å². The van der Waals surface area contributed by atoms with Gasteiger partial charge in [0.15, 0.2) is 0 Å². The van der Waals surface area contributed by atoms with Gasteiger partial charge in [-0.15, -0.1) is 12.4 Å². The Morgan fingerprint density at radius 2 is 2.12 bits per heavy atom. The van der Waals surface area contributed by atoms with Crippen molar-refractivity contribution in [2.45, 2.75) is 25.3 Å². The molecule has 2 aliphatic rings. The zero-order chi connectivity index (χ0) is 4.69. The number of halogens is 1. The molecule has 1 saturated carbocycles. The molecule has 48 valence electrons. The Morgan fingerprint density at radius 3 is 2.25 bits per heavy atom. The van der Waals surface area contributed by atoms with E-state index in [-0.39, 0.29) is 12.4 Å². The molecule has 2 bridgehead atoms. The van der Waals surface area contributed by atoms with Crippen molar-refractivity contribution in [2.75, 3.05) is 6.54 Å². The van der Waals surface area contributed by atoms with Crippen LogP contribution in [0.5, 0.6) is 0 Å². The summed E-state index contributed by atoms with van der Waals surface area (Å²) in [6.45, 7) is 1.31. The van der Waals surface area contributed by atoms with Gasteiger partial charge in [-0.25, -0.2) is 0 Å². The summed E-state index contributed by atoms with van der Waals surface area (Å²) in [5, 5.41) is 3.46. The van der Waals surface area contributed by atoms with Crippen LogP contribution in [0.15, 0.2) is 0 Å². The second kappa shape index (κ2) is 2.24. The minimum Gasteiger partial charge on any atom is -0.314 e. The van der Waals surface area contributed by atoms with Gasteiger partial charge >= 0.3 is 0 Å². The van der Waals surface area contributed by atoms with Gasteiger partial charge in [-0.1, -0.05) is 0 Å². The molecular weight excluding hydrogens is 122 g/mol. The molecule has 1 saturated heterocycles. The number of piperidine rings is 1. The zero-order valence-electron chi connectivity index (χ0n) is 4.89. The maximum atomic E-state index is 3.46. The summed E-state index contributed by atoms with van der Waals surface area (Å²) >= 11 is 0. The Hall–Kier alpha value is 0.250. The van der Waals surface area contributed by atoms with E-state index in [1.165, 1.54) is 25.8 Å². The molecule has 2 fully saturated rings. The highest BCUT2D eigenvalue weighted by Crippen LogP contribution is 2.29. The number of hydrogen-bond donors (Lipinski definition) is 1. The van der Waals surface area contributed by atoms with Crippen molar-refractivity contribution in [3.63, 3.8) is 0 Å². The maximum Gasteiger partial charge on any atom is 0.00704 e. The number of rotatable bonds is 0. The first-order chi connectivity index (χ1) is 3.45. The zero-order valence-corrected chi connectivity index (χ0v) is 5.71. The molecule has 8 heavy (non-hydrogen) atoms. The van der Waals surface area contributed by atoms with Gasteiger partial charge in [0, 0.05) is 6.04 Å². The quantitative estimate of drug-likeness (QED) is 0.524. The molecule has 1 heterocycles. The lowest BCUT2D eigenvalue weighted by molar-refractivity contribution is 0.504. The van der Waals surface area contributed by atoms with Crippen molar-refractivity contribution >= 4 is 12.4 Å². The van der Waals surface area contributed by atoms with Crippen LogP contribution >= 0.6 is 12.4 Å². The van der Waals surface area contributed by atoms with E-state index in [1.807, 2.05) is 0 Å². The standard InChI is InChI=1S/C6H11N.ClH/c1-2-6-3-5(1)4-7-6;/h5-7H,1-4H2;1H/t5-,6+;/m0./s1. The highest BCUT2D eigenvalue weighted by Gasteiger charge is 2.30. The first kappa shape index (κ1) is 6.37. The fourth-order valence-electron chi connectivity index (χ4n) is 1.78. The van der Waals surface area contributed by atoms with Crippen LogP contribution in [0.3, 0.4) is 0 Å². The third-order valence-corrected chi connectivity index (χ3v) is 2.24. The number of nitrogens with one attached hydrogen (secondary N) is 1. The van der Waals surface area contributed by atoms with E-state index in [1.54, 1.807) is 0 Å². The molecule has 0 radical (unpaired) electrons. The molecule has 2 rings (SSSR count). The van der Waals surface area contributed by atoms with Crippen molar-refractivity contribution in [1.29, 1.82) is 0 Å². The van der Waals surface area contributed by atoms with Crippen LogP contribution in [-0.4, -0.2) is 12.6 Å². The Balaban J connectivity index is 0.000000320. The first-order valence-corrected chi connectivity index (χ1v) is 3.18. The smallest absolute Gasteiger partial charge is 0.00704 e. The SMILES string of the molecule is C1C[C@@H]2C[C@H]1CN2.Cl. The normalized spacial score (nSPS) is 42.0. The minimum absolute atomic E-state index is 0. The van der Waals surface area contributed by atoms with Crippen molar-refractivity contribution in [1.82, 2.24) is 5.32 Å². The topological polar surface area (TPSA) is 12.0 Å². The maximum absolute atomic E-state index is 3.46. The third-order valence-electron chi connectivity index (χ3n) is 2.24. The number of fused-ring (bicyclic) bond motifs is 2. The van der Waals surface area contributed by atoms with E-state index >= 15 is 0 Å². The van der Waals surface area contributed by atoms with Crippen LogP contribution in [0.4, 0.5) is 0 Å². The van der Waals surface area contributed by atoms with Gasteiger partial charge < -0.3 is 5.32 Å². The minimum atomic E-state index is 0. The summed E-state index contributed by atoms with van der Waals surface area (Å²) in [6, 6.07) is 0.921. The highest BCUT2D eigenvalue weighted by molar-refractivity contribution is 5.85. The Kier molecular flexibility index (Phi) is 1.78. The van der Waals surface area contributed by atoms with Gasteiger partial charge in [-0.05, 0) is 31.7 Å². The van der Waals surface area contributed by atoms with Crippen LogP contribution in [0, 0.1) is 5.92 Å². The van der Waals surface area contributed by atoms with Crippen LogP contribution in [0.25, 0.3) is 0 Å². The predicted octanol–water partition coefficient (Wildman–Crippen LogP) is 1.18. The summed E-state index contributed by atoms with van der Waals surface area (Å²) in [7, 11) is 0. The van der Waals surface area contributed by atoms with Crippen LogP contribution < -0.4 is 5.32 Å². The van der Waals surface area contributed by atoms with Crippen LogP contribution in [0.1, 0.15) is 19.3 Å². The summed E-state index contributed by atoms with van der Waals surface area (Å²) < 4.78 is 0. The van der Waals surface area contributed by atoms with E-state index < -0.39 is 0 Å². The molecule has 1 aliphatic carbocycles. The molecule has 2 atom stereocenters. The highest BCUT2D eigenvalue weighted by atomic mass is 35.5. The van der Waals surface area contributed by atoms with E-state index in [0.717, 1.165) is 12.0 Å². The summed E-state index contributed by atoms with van der Waals surface area (Å²) in [5.74, 6) is 1.06. The van der Waals surface area contributed by atoms with Gasteiger partial charge in [-0.3, -0.25) is 0 Å². The molecule has 1 nitrogen and oxygen atoms in total. The van der Waals surface area contributed by atoms with Crippen LogP contribution in [0.2, 0.25) is 0 Å². The average Bonchev–Trinajstić information content (AvgIpc) is 2.22. The Bertz CT molecular complexity index is 66.6. The van der Waals surface area contributed by atoms with Gasteiger partial charge in [0.2, 0.25) is 0 Å². The molecule has 1 N–H and O–H groups in total. The van der Waals surface area contributed by atoms with Gasteiger partial charge in [0.1, 0.15) is 0 Å². The largest absolute Gasteiger partial charge is 0.314 e. The molecule has 2 heteroatoms. The van der Waals surface area contributed by atoms with E-state index in [0.29, 0.717) is 0 Å². The second-order valence-corrected chi connectivity index (χ2v) is 2.78. The lowest BCUT2D eigenvalue weighted by Gasteiger charge is -2.08. The van der Waals surface area contributed by atoms with Crippen molar-refractivity contribution in [3.8, 4) is 0 Å². The molecule has 0 aromatic rings. The fourth-order valence-corrected chi connectivity index (χ4v) is 1.78. The molecular formula is C6H12ClN. The summed E-state index contributed by atoms with van der Waals surface area (Å²) in [5.41, 5.74) is 0. The van der Waals surface area contributed by atoms with E-state index in [2.05, 4.69) is 5.32 Å². The molecule has 0 unspecified atom stereocenters. The fraction of sp³-hybridized carbons (Fsp3) is 1.00. The average molecular weight is 134 g/mol. The molecule has 0 aromatic carbocycles. The molecule has 0 spiro atoms. The molecule has 0 amide bonds. The lowest BCUT2D eigenvalue weighted by Crippen LogP contribution is -2.23. The van der Waals surface area contributed by atoms with Crippen molar-refractivity contribution in [2.24, 2.45) is 5.92 Å². The third kappa shape index (κ3) is 0.848. The number of hydrogen-bond acceptors (Lipinski definition) is 1. The molecule has 0 aromatic heterocycles. The predicted molar refractivity (Wildman–Crippen MR) is 36.4 cm³/mol. The Labute approximate surface area is 56.3 Å². The van der Waals surface area contributed by atoms with Gasteiger partial charge in [0.25, 0.3) is 0 Å². The second-order valence-electron chi connectivity index (χ2n) is 2.78. The summed E-state index contributed by atoms with van der Waals surface area (Å²) in [6.07, 6.45) is 4.42. The monoisotopic (exact) mass is 133 g/mol. The van der Waals surface area contributed by atoms with Crippen LogP contribution in [-0.2, 0) is 0 Å². The lowest BCUT2D eigenvalue weighted by atomic mass is 10.1. The molecule has 1 aliphatic heterocycles. The van der Waals surface area contributed by atoms with E-state index in [9.17, 15) is 0 Å². The van der Waals surface area contributed by atoms with Crippen molar-refractivity contribution in [3.05, 3.63) is 0 Å². The van der Waals surface area contributed by atoms with Gasteiger partial charge in [0.05, 0.1) is 0 Å². The first-order valence-electron chi connectivity index (χ1n) is 3.18. The Morgan fingerprint density at radius 1 is 1.25 bits per heavy atom. The van der Waals surface area contributed by atoms with Gasteiger partial charge in [-0.2, -0.15) is 0 Å². The summed E-state index contributed by atoms with van der Waals surface area (Å²) in [4.78, 5) is 0.